The third-order valence-electron chi connectivity index (χ3n) is 4.50. The largest absolute Gasteiger partial charge is 0.370 e. The molecule has 0 N–H and O–H groups in total. The van der Waals surface area contributed by atoms with E-state index in [2.05, 4.69) is 0 Å². The first-order valence-corrected chi connectivity index (χ1v) is 9.70. The first-order chi connectivity index (χ1) is 12.6. The van der Waals surface area contributed by atoms with Gasteiger partial charge in [0.25, 0.3) is 5.69 Å². The van der Waals surface area contributed by atoms with E-state index in [1.54, 1.807) is 26.0 Å². The number of sulfonamides is 1. The van der Waals surface area contributed by atoms with Gasteiger partial charge >= 0.3 is 0 Å². The molecule has 1 atom stereocenters. The van der Waals surface area contributed by atoms with Crippen LogP contribution >= 0.6 is 0 Å². The van der Waals surface area contributed by atoms with Crippen molar-refractivity contribution in [3.63, 3.8) is 0 Å². The molecule has 1 fully saturated rings. The standard InChI is InChI=1S/C18H19FN2O5S/c1-18(2)12-26-17(13-6-8-14(19)9-7-13)11-20(18)27(24,25)16-5-3-4-15(10-16)21(22)23/h3-10,17H,11-12H2,1-2H3. The van der Waals surface area contributed by atoms with E-state index < -0.39 is 32.4 Å². The molecular weight excluding hydrogens is 375 g/mol. The van der Waals surface area contributed by atoms with E-state index >= 15 is 0 Å². The summed E-state index contributed by atoms with van der Waals surface area (Å²) >= 11 is 0. The van der Waals surface area contributed by atoms with E-state index in [9.17, 15) is 22.9 Å². The van der Waals surface area contributed by atoms with Gasteiger partial charge in [-0.2, -0.15) is 4.31 Å². The summed E-state index contributed by atoms with van der Waals surface area (Å²) in [5.41, 5.74) is -0.483. The van der Waals surface area contributed by atoms with Gasteiger partial charge in [0.05, 0.1) is 28.1 Å². The molecule has 1 unspecified atom stereocenters. The van der Waals surface area contributed by atoms with Gasteiger partial charge in [0.2, 0.25) is 10.0 Å². The fraction of sp³-hybridized carbons (Fsp3) is 0.333. The van der Waals surface area contributed by atoms with Crippen molar-refractivity contribution in [3.8, 4) is 0 Å². The van der Waals surface area contributed by atoms with E-state index in [0.29, 0.717) is 5.56 Å². The minimum absolute atomic E-state index is 0.0175. The quantitative estimate of drug-likeness (QED) is 0.586. The van der Waals surface area contributed by atoms with Crippen molar-refractivity contribution < 1.29 is 22.5 Å². The van der Waals surface area contributed by atoms with E-state index in [1.807, 2.05) is 0 Å². The van der Waals surface area contributed by atoms with Gasteiger partial charge in [0, 0.05) is 18.7 Å². The number of nitro benzene ring substituents is 1. The summed E-state index contributed by atoms with van der Waals surface area (Å²) in [6, 6.07) is 10.7. The summed E-state index contributed by atoms with van der Waals surface area (Å²) in [6.45, 7) is 3.60. The van der Waals surface area contributed by atoms with Crippen LogP contribution in [0, 0.1) is 15.9 Å². The molecule has 0 aliphatic carbocycles. The van der Waals surface area contributed by atoms with Gasteiger partial charge in [-0.25, -0.2) is 12.8 Å². The highest BCUT2D eigenvalue weighted by molar-refractivity contribution is 7.89. The Morgan fingerprint density at radius 1 is 1.22 bits per heavy atom. The summed E-state index contributed by atoms with van der Waals surface area (Å²) in [6.07, 6.45) is -0.563. The molecule has 0 aromatic heterocycles. The molecule has 0 spiro atoms. The Bertz CT molecular complexity index is 960. The van der Waals surface area contributed by atoms with Gasteiger partial charge in [0.1, 0.15) is 5.82 Å². The van der Waals surface area contributed by atoms with Crippen LogP contribution in [0.1, 0.15) is 25.5 Å². The van der Waals surface area contributed by atoms with Gasteiger partial charge < -0.3 is 4.74 Å². The number of hydrogen-bond acceptors (Lipinski definition) is 5. The molecule has 0 bridgehead atoms. The molecule has 0 amide bonds. The Labute approximate surface area is 156 Å². The van der Waals surface area contributed by atoms with Crippen molar-refractivity contribution in [1.29, 1.82) is 0 Å². The highest BCUT2D eigenvalue weighted by Gasteiger charge is 2.43. The molecule has 1 heterocycles. The van der Waals surface area contributed by atoms with Crippen molar-refractivity contribution >= 4 is 15.7 Å². The number of hydrogen-bond donors (Lipinski definition) is 0. The van der Waals surface area contributed by atoms with Gasteiger partial charge in [-0.15, -0.1) is 0 Å². The maximum absolute atomic E-state index is 13.2. The minimum Gasteiger partial charge on any atom is -0.370 e. The van der Waals surface area contributed by atoms with Gasteiger partial charge in [-0.3, -0.25) is 10.1 Å². The molecular formula is C18H19FN2O5S. The van der Waals surface area contributed by atoms with Crippen LogP contribution in [0.5, 0.6) is 0 Å². The molecule has 9 heteroatoms. The van der Waals surface area contributed by atoms with E-state index in [1.165, 1.54) is 34.6 Å². The van der Waals surface area contributed by atoms with Gasteiger partial charge in [-0.1, -0.05) is 18.2 Å². The fourth-order valence-electron chi connectivity index (χ4n) is 3.01. The molecule has 0 radical (unpaired) electrons. The Kier molecular flexibility index (Phi) is 5.02. The predicted octanol–water partition coefficient (Wildman–Crippen LogP) is 3.27. The molecule has 1 aliphatic rings. The van der Waals surface area contributed by atoms with Crippen LogP contribution in [0.15, 0.2) is 53.4 Å². The lowest BCUT2D eigenvalue weighted by atomic mass is 10.0. The second-order valence-corrected chi connectivity index (χ2v) is 8.82. The second-order valence-electron chi connectivity index (χ2n) is 6.95. The zero-order chi connectivity index (χ0) is 19.8. The number of rotatable bonds is 4. The Hall–Kier alpha value is -2.36. The average Bonchev–Trinajstić information content (AvgIpc) is 2.62. The number of nitrogens with zero attached hydrogens (tertiary/aromatic N) is 2. The summed E-state index contributed by atoms with van der Waals surface area (Å²) < 4.78 is 46.7. The Balaban J connectivity index is 1.97. The van der Waals surface area contributed by atoms with Crippen LogP contribution in [-0.4, -0.2) is 36.3 Å². The molecule has 0 saturated carbocycles. The highest BCUT2D eigenvalue weighted by Crippen LogP contribution is 2.35. The molecule has 1 aliphatic heterocycles. The molecule has 144 valence electrons. The third kappa shape index (κ3) is 3.85. The fourth-order valence-corrected chi connectivity index (χ4v) is 4.82. The van der Waals surface area contributed by atoms with E-state index in [-0.39, 0.29) is 23.7 Å². The highest BCUT2D eigenvalue weighted by atomic mass is 32.2. The first kappa shape index (κ1) is 19.4. The number of ether oxygens (including phenoxy) is 1. The van der Waals surface area contributed by atoms with Crippen molar-refractivity contribution in [3.05, 3.63) is 70.0 Å². The smallest absolute Gasteiger partial charge is 0.270 e. The van der Waals surface area contributed by atoms with Gasteiger partial charge in [-0.05, 0) is 37.6 Å². The summed E-state index contributed by atoms with van der Waals surface area (Å²) in [4.78, 5) is 10.2. The Morgan fingerprint density at radius 2 is 1.89 bits per heavy atom. The molecule has 1 saturated heterocycles. The number of halogens is 1. The maximum Gasteiger partial charge on any atom is 0.270 e. The van der Waals surface area contributed by atoms with Crippen LogP contribution in [0.25, 0.3) is 0 Å². The molecule has 3 rings (SSSR count). The minimum atomic E-state index is -4.00. The summed E-state index contributed by atoms with van der Waals surface area (Å²) in [5.74, 6) is -0.393. The Morgan fingerprint density at radius 3 is 2.52 bits per heavy atom. The van der Waals surface area contributed by atoms with Crippen molar-refractivity contribution in [2.45, 2.75) is 30.4 Å². The van der Waals surface area contributed by atoms with Crippen LogP contribution in [0.3, 0.4) is 0 Å². The monoisotopic (exact) mass is 394 g/mol. The second kappa shape index (κ2) is 6.99. The van der Waals surface area contributed by atoms with Crippen LogP contribution in [0.2, 0.25) is 0 Å². The van der Waals surface area contributed by atoms with Crippen molar-refractivity contribution in [2.24, 2.45) is 0 Å². The van der Waals surface area contributed by atoms with Crippen LogP contribution in [-0.2, 0) is 14.8 Å². The SMILES string of the molecule is CC1(C)COC(c2ccc(F)cc2)CN1S(=O)(=O)c1cccc([N+](=O)[O-])c1. The topological polar surface area (TPSA) is 89.8 Å². The number of morpholine rings is 1. The zero-order valence-electron chi connectivity index (χ0n) is 14.8. The van der Waals surface area contributed by atoms with Crippen molar-refractivity contribution in [2.75, 3.05) is 13.2 Å². The molecule has 2 aromatic rings. The van der Waals surface area contributed by atoms with E-state index in [4.69, 9.17) is 4.74 Å². The van der Waals surface area contributed by atoms with Crippen molar-refractivity contribution in [1.82, 2.24) is 4.31 Å². The molecule has 2 aromatic carbocycles. The maximum atomic E-state index is 13.2. The zero-order valence-corrected chi connectivity index (χ0v) is 15.6. The van der Waals surface area contributed by atoms with E-state index in [0.717, 1.165) is 6.07 Å². The summed E-state index contributed by atoms with van der Waals surface area (Å²) in [5, 5.41) is 11.0. The normalized spacial score (nSPS) is 20.3. The lowest BCUT2D eigenvalue weighted by molar-refractivity contribution is -0.385. The summed E-state index contributed by atoms with van der Waals surface area (Å²) in [7, 11) is -4.00. The number of benzene rings is 2. The molecule has 27 heavy (non-hydrogen) atoms. The lowest BCUT2D eigenvalue weighted by Gasteiger charge is -2.44. The number of nitro groups is 1. The first-order valence-electron chi connectivity index (χ1n) is 8.26. The van der Waals surface area contributed by atoms with Gasteiger partial charge in [0.15, 0.2) is 0 Å². The average molecular weight is 394 g/mol. The van der Waals surface area contributed by atoms with Crippen LogP contribution < -0.4 is 0 Å². The predicted molar refractivity (Wildman–Crippen MR) is 96.2 cm³/mol. The lowest BCUT2D eigenvalue weighted by Crippen LogP contribution is -2.56. The number of non-ortho nitro benzene ring substituents is 1. The third-order valence-corrected chi connectivity index (χ3v) is 6.58. The van der Waals surface area contributed by atoms with Crippen LogP contribution in [0.4, 0.5) is 10.1 Å². The molecule has 7 nitrogen and oxygen atoms in total.